The number of nitrogens with two attached hydrogens (primary N) is 1. The Hall–Kier alpha value is -5.82. The van der Waals surface area contributed by atoms with Crippen LogP contribution in [0.15, 0.2) is 18.6 Å². The molecule has 6 bridgehead atoms. The predicted molar refractivity (Wildman–Crippen MR) is 396 cm³/mol. The molecule has 0 saturated carbocycles. The molecule has 6 fully saturated rings. The number of nitrogens with zero attached hydrogens (tertiary/aromatic N) is 9. The van der Waals surface area contributed by atoms with Crippen LogP contribution in [0, 0.1) is 0 Å². The standard InChI is InChI=1S/C72H122N14O31/c1-50(87)74-57-60(91)63(94)70(47-112-66(57)115-70)44-106-32-29-103-22-19-98-16-8-15-97-14-7-11-84-35-53(78-81-84)38-109-41-69(77-56(90)9-5-4-6-10-73,42-110-39-54-36-85(82-79-54)12-17-99-20-23-101-25-27-104-30-33-107-45-71-48-113-67(116-71)58(75-51(2)88)61(92)64(71)95)43-111-40-55-37-86(83-80-55)13-18-100-21-24-102-26-28-105-31-34-108-46-72-49-114-68(117-72)59(76-52(3)89)62(93)65(72)96/h35-37,57-68,91-96H,4-34,38-49,73H2,1-3H3,(H,74,87)(H,75,88)(H,76,89)(H,77,90)/t57-,58-,59-,60-,61-,62-,63-,64-,65-,66+,67+,68+,70+,71+,72+/m1/s1. The molecule has 9 heterocycles. The van der Waals surface area contributed by atoms with E-state index in [9.17, 15) is 49.8 Å². The Labute approximate surface area is 677 Å². The summed E-state index contributed by atoms with van der Waals surface area (Å²) < 4.78 is 127. The molecule has 0 unspecified atom stereocenters. The minimum atomic E-state index is -1.34. The van der Waals surface area contributed by atoms with Gasteiger partial charge in [-0.2, -0.15) is 0 Å². The highest BCUT2D eigenvalue weighted by Gasteiger charge is 2.62. The zero-order valence-electron chi connectivity index (χ0n) is 67.1. The third-order valence-corrected chi connectivity index (χ3v) is 19.6. The molecule has 0 spiro atoms. The van der Waals surface area contributed by atoms with Gasteiger partial charge in [0.2, 0.25) is 23.6 Å². The maximum absolute atomic E-state index is 13.9. The number of amides is 4. The summed E-state index contributed by atoms with van der Waals surface area (Å²) >= 11 is 0. The van der Waals surface area contributed by atoms with Gasteiger partial charge in [-0.05, 0) is 32.2 Å². The van der Waals surface area contributed by atoms with Gasteiger partial charge in [-0.3, -0.25) is 23.9 Å². The first-order chi connectivity index (χ1) is 56.7. The van der Waals surface area contributed by atoms with Crippen molar-refractivity contribution in [1.82, 2.24) is 66.2 Å². The number of hydrogen-bond donors (Lipinski definition) is 11. The first kappa shape index (κ1) is 95.0. The number of aliphatic hydroxyl groups excluding tert-OH is 6. The van der Waals surface area contributed by atoms with Crippen molar-refractivity contribution in [3.8, 4) is 0 Å². The van der Waals surface area contributed by atoms with Crippen molar-refractivity contribution < 1.29 is 149 Å². The van der Waals surface area contributed by atoms with Crippen molar-refractivity contribution in [2.75, 3.05) is 205 Å². The highest BCUT2D eigenvalue weighted by molar-refractivity contribution is 5.77. The van der Waals surface area contributed by atoms with Crippen LogP contribution in [-0.2, 0) is 158 Å². The molecule has 4 amide bonds. The van der Waals surface area contributed by atoms with Crippen LogP contribution in [0.4, 0.5) is 0 Å². The molecule has 12 N–H and O–H groups in total. The van der Waals surface area contributed by atoms with E-state index in [4.69, 9.17) is 105 Å². The number of hydrogen-bond acceptors (Lipinski definition) is 38. The fraction of sp³-hybridized carbons (Fsp3) is 0.861. The van der Waals surface area contributed by atoms with Crippen LogP contribution in [0.3, 0.4) is 0 Å². The monoisotopic (exact) mass is 1680 g/mol. The summed E-state index contributed by atoms with van der Waals surface area (Å²) in [5.41, 5.74) is 2.35. The van der Waals surface area contributed by atoms with Gasteiger partial charge in [0, 0.05) is 53.6 Å². The average molecular weight is 1680 g/mol. The van der Waals surface area contributed by atoms with Gasteiger partial charge in [0.25, 0.3) is 0 Å². The maximum Gasteiger partial charge on any atom is 0.220 e. The number of aromatic nitrogens is 9. The number of aryl methyl sites for hydroxylation is 1. The molecular formula is C72H122N14O31. The van der Waals surface area contributed by atoms with Gasteiger partial charge in [-0.15, -0.1) is 15.3 Å². The summed E-state index contributed by atoms with van der Waals surface area (Å²) in [5.74, 6) is -1.40. The van der Waals surface area contributed by atoms with Gasteiger partial charge in [0.1, 0.15) is 94.2 Å². The molecule has 6 aliphatic heterocycles. The highest BCUT2D eigenvalue weighted by Crippen LogP contribution is 2.40. The number of fused-ring (bicyclic) bond motifs is 6. The Morgan fingerprint density at radius 2 is 0.718 bits per heavy atom. The summed E-state index contributed by atoms with van der Waals surface area (Å²) in [7, 11) is 0. The lowest BCUT2D eigenvalue weighted by Crippen LogP contribution is -2.66. The van der Waals surface area contributed by atoms with E-state index in [2.05, 4.69) is 52.2 Å². The third kappa shape index (κ3) is 30.6. The normalized spacial score (nSPS) is 26.6. The number of ether oxygens (including phenoxy) is 21. The Morgan fingerprint density at radius 1 is 0.410 bits per heavy atom. The van der Waals surface area contributed by atoms with Crippen LogP contribution in [0.25, 0.3) is 0 Å². The Bertz CT molecular complexity index is 3190. The van der Waals surface area contributed by atoms with E-state index in [0.717, 1.165) is 12.8 Å². The second-order valence-corrected chi connectivity index (χ2v) is 29.3. The van der Waals surface area contributed by atoms with Gasteiger partial charge in [-0.25, -0.2) is 9.36 Å². The lowest BCUT2D eigenvalue weighted by molar-refractivity contribution is -0.238. The molecule has 117 heavy (non-hydrogen) atoms. The molecule has 0 radical (unpaired) electrons. The van der Waals surface area contributed by atoms with E-state index in [1.165, 1.54) is 20.8 Å². The molecule has 0 aliphatic carbocycles. The number of nitrogens with one attached hydrogen (secondary N) is 4. The predicted octanol–water partition coefficient (Wildman–Crippen LogP) is -6.18. The average Bonchev–Trinajstić information content (AvgIpc) is 1.63. The summed E-state index contributed by atoms with van der Waals surface area (Å²) in [4.78, 5) is 48.6. The van der Waals surface area contributed by atoms with Crippen LogP contribution >= 0.6 is 0 Å². The van der Waals surface area contributed by atoms with Crippen LogP contribution < -0.4 is 27.0 Å². The van der Waals surface area contributed by atoms with Crippen LogP contribution in [-0.4, -0.2) is 400 Å². The molecule has 6 aliphatic rings. The topological polar surface area (TPSA) is 550 Å². The van der Waals surface area contributed by atoms with E-state index >= 15 is 0 Å². The zero-order chi connectivity index (χ0) is 83.1. The smallest absolute Gasteiger partial charge is 0.220 e. The fourth-order valence-electron chi connectivity index (χ4n) is 13.5. The molecule has 0 aromatic carbocycles. The molecule has 45 nitrogen and oxygen atoms in total. The SMILES string of the molecule is CC(=O)N[C@H]1[C@H]2OC[C@](COCCOCCOCCCOCCCn3cc(COCC(COCc4cn(CCOCCOCCOCCOC[C@@]56CO[C@@H](O5)[C@H](NC(C)=O)[C@@H](O)[C@H]6O)nn4)(COCc4cn(CCOCCOCCOCCOC[C@@]56CO[C@@H](O5)[C@H](NC(C)=O)[C@@H](O)[C@H]6O)nn4)NC(=O)CCCCCN)nn3)(O2)[C@H](O)[C@@H]1O. The molecule has 3 aromatic rings. The Kier molecular flexibility index (Phi) is 41.1. The van der Waals surface area contributed by atoms with E-state index in [1.54, 1.807) is 32.6 Å². The fourth-order valence-corrected chi connectivity index (χ4v) is 13.5. The minimum absolute atomic E-state index is 0.00271. The number of aliphatic hydroxyl groups is 6. The van der Waals surface area contributed by atoms with Crippen molar-refractivity contribution in [2.24, 2.45) is 5.73 Å². The second-order valence-electron chi connectivity index (χ2n) is 29.3. The molecular weight excluding hydrogens is 1560 g/mol. The van der Waals surface area contributed by atoms with E-state index in [0.29, 0.717) is 162 Å². The minimum Gasteiger partial charge on any atom is -0.388 e. The molecule has 9 rings (SSSR count). The highest BCUT2D eigenvalue weighted by atomic mass is 16.8. The first-order valence-electron chi connectivity index (χ1n) is 39.9. The van der Waals surface area contributed by atoms with Gasteiger partial charge in [-0.1, -0.05) is 22.1 Å². The Balaban J connectivity index is 0.657. The molecule has 666 valence electrons. The zero-order valence-corrected chi connectivity index (χ0v) is 67.1. The van der Waals surface area contributed by atoms with Gasteiger partial charge >= 0.3 is 0 Å². The number of carbonyl (C=O) groups is 4. The summed E-state index contributed by atoms with van der Waals surface area (Å²) in [6.45, 7) is 12.1. The van der Waals surface area contributed by atoms with E-state index in [1.807, 2.05) is 0 Å². The number of unbranched alkanes of at least 4 members (excludes halogenated alkanes) is 2. The van der Waals surface area contributed by atoms with Crippen molar-refractivity contribution in [3.63, 3.8) is 0 Å². The first-order valence-corrected chi connectivity index (χ1v) is 39.9. The maximum atomic E-state index is 13.9. The second kappa shape index (κ2) is 50.6. The summed E-state index contributed by atoms with van der Waals surface area (Å²) in [6, 6.07) is -2.70. The molecule has 45 heteroatoms. The largest absolute Gasteiger partial charge is 0.388 e. The third-order valence-electron chi connectivity index (χ3n) is 19.6. The van der Waals surface area contributed by atoms with Crippen LogP contribution in [0.5, 0.6) is 0 Å². The number of rotatable bonds is 65. The lowest BCUT2D eigenvalue weighted by atomic mass is 9.88. The van der Waals surface area contributed by atoms with Gasteiger partial charge < -0.3 is 157 Å². The Morgan fingerprint density at radius 3 is 1.06 bits per heavy atom. The summed E-state index contributed by atoms with van der Waals surface area (Å²) in [6.07, 6.45) is -1.63. The van der Waals surface area contributed by atoms with E-state index in [-0.39, 0.29) is 149 Å². The van der Waals surface area contributed by atoms with Crippen LogP contribution in [0.2, 0.25) is 0 Å². The van der Waals surface area contributed by atoms with Crippen molar-refractivity contribution in [3.05, 3.63) is 35.7 Å². The molecule has 15 atom stereocenters. The summed E-state index contributed by atoms with van der Waals surface area (Å²) in [5, 5.41) is 101. The van der Waals surface area contributed by atoms with Crippen LogP contribution in [0.1, 0.15) is 76.4 Å². The van der Waals surface area contributed by atoms with Crippen molar-refractivity contribution >= 4 is 23.6 Å². The molecule has 3 aromatic heterocycles. The van der Waals surface area contributed by atoms with Crippen molar-refractivity contribution in [2.45, 2.75) is 195 Å². The van der Waals surface area contributed by atoms with Crippen molar-refractivity contribution in [1.29, 1.82) is 0 Å². The lowest BCUT2D eigenvalue weighted by Gasteiger charge is -2.42. The molecule has 6 saturated heterocycles. The quantitative estimate of drug-likeness (QED) is 0.0234. The van der Waals surface area contributed by atoms with Gasteiger partial charge in [0.15, 0.2) is 18.9 Å². The van der Waals surface area contributed by atoms with Gasteiger partial charge in [0.05, 0.1) is 230 Å². The van der Waals surface area contributed by atoms with E-state index < -0.39 is 96.0 Å². The number of carbonyl (C=O) groups excluding carboxylic acids is 4.